The van der Waals surface area contributed by atoms with Gasteiger partial charge < -0.3 is 30.1 Å². The van der Waals surface area contributed by atoms with Gasteiger partial charge in [-0.05, 0) is 31.1 Å². The third kappa shape index (κ3) is 7.84. The summed E-state index contributed by atoms with van der Waals surface area (Å²) in [5.74, 6) is 0.516. The minimum atomic E-state index is -4.12. The molecule has 6 atom stereocenters. The first-order chi connectivity index (χ1) is 18.1. The van der Waals surface area contributed by atoms with Crippen molar-refractivity contribution in [3.8, 4) is 5.75 Å². The average Bonchev–Trinajstić information content (AvgIpc) is 3.17. The average molecular weight is 569 g/mol. The first kappa shape index (κ1) is 30.2. The lowest BCUT2D eigenvalue weighted by atomic mass is 10.1. The zero-order valence-electron chi connectivity index (χ0n) is 21.8. The number of carbonyl (C=O) groups excluding carboxylic acids is 1. The molecule has 0 aromatic heterocycles. The van der Waals surface area contributed by atoms with Gasteiger partial charge in [0.15, 0.2) is 0 Å². The second kappa shape index (κ2) is 13.6. The van der Waals surface area contributed by atoms with Gasteiger partial charge in [0.2, 0.25) is 0 Å². The lowest BCUT2D eigenvalue weighted by molar-refractivity contribution is -0.146. The van der Waals surface area contributed by atoms with Crippen LogP contribution in [0.3, 0.4) is 0 Å². The molecule has 0 amide bonds. The zero-order chi connectivity index (χ0) is 27.9. The summed E-state index contributed by atoms with van der Waals surface area (Å²) in [5, 5.41) is 22.8. The van der Waals surface area contributed by atoms with Crippen LogP contribution in [0.4, 0.5) is 0 Å². The number of amidine groups is 1. The summed E-state index contributed by atoms with van der Waals surface area (Å²) in [4.78, 5) is 18.3. The van der Waals surface area contributed by atoms with Crippen LogP contribution in [0, 0.1) is 5.92 Å². The van der Waals surface area contributed by atoms with Gasteiger partial charge in [-0.2, -0.15) is 5.09 Å². The Bertz CT molecular complexity index is 1070. The van der Waals surface area contributed by atoms with E-state index in [1.54, 1.807) is 47.5 Å². The Labute approximate surface area is 227 Å². The van der Waals surface area contributed by atoms with Crippen LogP contribution in [0.2, 0.25) is 0 Å². The lowest BCUT2D eigenvalue weighted by Crippen LogP contribution is -2.41. The number of ether oxygens (including phenoxy) is 1. The van der Waals surface area contributed by atoms with E-state index >= 15 is 0 Å². The topological polar surface area (TPSA) is 156 Å². The summed E-state index contributed by atoms with van der Waals surface area (Å²) in [6.07, 6.45) is 2.56. The van der Waals surface area contributed by atoms with Crippen molar-refractivity contribution in [2.75, 3.05) is 13.2 Å². The van der Waals surface area contributed by atoms with E-state index in [2.05, 4.69) is 16.7 Å². The summed E-state index contributed by atoms with van der Waals surface area (Å²) in [6, 6.07) is 7.40. The number of nitrogens with two attached hydrogens (primary N) is 1. The van der Waals surface area contributed by atoms with Gasteiger partial charge in [-0.1, -0.05) is 51.5 Å². The van der Waals surface area contributed by atoms with E-state index in [0.717, 1.165) is 12.8 Å². The van der Waals surface area contributed by atoms with Crippen molar-refractivity contribution >= 4 is 31.3 Å². The van der Waals surface area contributed by atoms with Crippen LogP contribution in [0.15, 0.2) is 60.0 Å². The van der Waals surface area contributed by atoms with Crippen molar-refractivity contribution in [2.24, 2.45) is 16.6 Å². The maximum atomic E-state index is 13.8. The highest BCUT2D eigenvalue weighted by molar-refractivity contribution is 8.00. The summed E-state index contributed by atoms with van der Waals surface area (Å²) < 4.78 is 30.6. The SMILES string of the molecule is C=C1N=C(N)C=CN1[C@@H]1S[C@H](COP(=O)(N[C@@H](C)C(=O)OCC(CC)CC)Oc2ccccc2)[C@@H](O)[C@@H]1O. The van der Waals surface area contributed by atoms with E-state index in [1.807, 2.05) is 13.8 Å². The molecule has 0 aliphatic carbocycles. The molecular weight excluding hydrogens is 531 g/mol. The largest absolute Gasteiger partial charge is 0.464 e. The van der Waals surface area contributed by atoms with Crippen molar-refractivity contribution in [3.63, 3.8) is 0 Å². The Hall–Kier alpha value is -2.34. The monoisotopic (exact) mass is 568 g/mol. The third-order valence-corrected chi connectivity index (χ3v) is 9.47. The predicted octanol–water partition coefficient (Wildman–Crippen LogP) is 2.97. The number of thioether (sulfide) groups is 1. The fourth-order valence-electron chi connectivity index (χ4n) is 3.84. The van der Waals surface area contributed by atoms with E-state index in [-0.39, 0.29) is 30.7 Å². The second-order valence-electron chi connectivity index (χ2n) is 9.08. The number of benzene rings is 1. The normalized spacial score (nSPS) is 25.7. The fourth-order valence-corrected chi connectivity index (χ4v) is 6.92. The van der Waals surface area contributed by atoms with Crippen LogP contribution in [0.25, 0.3) is 0 Å². The van der Waals surface area contributed by atoms with Gasteiger partial charge in [-0.25, -0.2) is 9.56 Å². The Morgan fingerprint density at radius 1 is 1.26 bits per heavy atom. The molecule has 0 radical (unpaired) electrons. The van der Waals surface area contributed by atoms with Gasteiger partial charge >= 0.3 is 13.7 Å². The number of hydrogen-bond acceptors (Lipinski definition) is 11. The number of nitrogens with zero attached hydrogens (tertiary/aromatic N) is 2. The maximum Gasteiger partial charge on any atom is 0.459 e. The minimum Gasteiger partial charge on any atom is -0.464 e. The van der Waals surface area contributed by atoms with Gasteiger partial charge in [0.05, 0.1) is 24.6 Å². The van der Waals surface area contributed by atoms with Crippen LogP contribution in [0.1, 0.15) is 33.6 Å². The van der Waals surface area contributed by atoms with Crippen LogP contribution in [0.5, 0.6) is 5.75 Å². The van der Waals surface area contributed by atoms with Crippen molar-refractivity contribution in [3.05, 3.63) is 55.0 Å². The summed E-state index contributed by atoms with van der Waals surface area (Å²) in [6.45, 7) is 9.42. The summed E-state index contributed by atoms with van der Waals surface area (Å²) in [5.41, 5.74) is 5.70. The Morgan fingerprint density at radius 3 is 2.58 bits per heavy atom. The number of nitrogens with one attached hydrogen (secondary N) is 1. The molecule has 0 spiro atoms. The molecule has 2 aliphatic rings. The number of aliphatic hydroxyl groups excluding tert-OH is 2. The number of carbonyl (C=O) groups is 1. The molecule has 11 nitrogen and oxygen atoms in total. The molecule has 0 bridgehead atoms. The fraction of sp³-hybridized carbons (Fsp3) is 0.520. The molecule has 1 aromatic carbocycles. The molecule has 0 saturated carbocycles. The number of hydrogen-bond donors (Lipinski definition) is 4. The van der Waals surface area contributed by atoms with E-state index < -0.39 is 42.6 Å². The third-order valence-electron chi connectivity index (χ3n) is 6.27. The number of para-hydroxylation sites is 1. The molecule has 2 aliphatic heterocycles. The van der Waals surface area contributed by atoms with Crippen molar-refractivity contribution in [1.82, 2.24) is 9.99 Å². The Balaban J connectivity index is 1.68. The molecule has 2 heterocycles. The van der Waals surface area contributed by atoms with Gasteiger partial charge in [-0.15, -0.1) is 11.8 Å². The first-order valence-corrected chi connectivity index (χ1v) is 15.0. The predicted molar refractivity (Wildman–Crippen MR) is 147 cm³/mol. The van der Waals surface area contributed by atoms with Crippen molar-refractivity contribution < 1.29 is 33.4 Å². The quantitative estimate of drug-likeness (QED) is 0.205. The van der Waals surface area contributed by atoms with Gasteiger partial charge in [-0.3, -0.25) is 9.32 Å². The number of rotatable bonds is 13. The molecule has 3 rings (SSSR count). The van der Waals surface area contributed by atoms with Crippen LogP contribution in [-0.4, -0.2) is 69.0 Å². The van der Waals surface area contributed by atoms with E-state index in [0.29, 0.717) is 5.82 Å². The number of aliphatic imine (C=N–C) groups is 1. The standard InChI is InChI=1S/C25H37N4O7PS/c1-5-18(6-2)14-34-25(32)16(3)28-37(33,36-19-10-8-7-9-11-19)35-15-20-22(30)23(31)24(38-20)29-13-12-21(26)27-17(29)4/h7-13,16,18,20,22-24,30-31H,4-6,14-15H2,1-3H3,(H2,26,27)(H,28,33)/t16-,20+,22+,23-,24+,37?/m0/s1. The molecule has 13 heteroatoms. The Kier molecular flexibility index (Phi) is 10.8. The van der Waals surface area contributed by atoms with Crippen molar-refractivity contribution in [2.45, 2.75) is 62.5 Å². The van der Waals surface area contributed by atoms with Crippen LogP contribution >= 0.6 is 19.5 Å². The number of esters is 1. The van der Waals surface area contributed by atoms with Crippen LogP contribution < -0.4 is 15.3 Å². The molecule has 1 aromatic rings. The number of aliphatic hydroxyl groups is 2. The highest BCUT2D eigenvalue weighted by Gasteiger charge is 2.46. The highest BCUT2D eigenvalue weighted by Crippen LogP contribution is 2.47. The zero-order valence-corrected chi connectivity index (χ0v) is 23.5. The van der Waals surface area contributed by atoms with Crippen molar-refractivity contribution in [1.29, 1.82) is 0 Å². The molecule has 1 saturated heterocycles. The second-order valence-corrected chi connectivity index (χ2v) is 12.1. The van der Waals surface area contributed by atoms with E-state index in [1.165, 1.54) is 18.7 Å². The van der Waals surface area contributed by atoms with Gasteiger partial charge in [0.25, 0.3) is 0 Å². The Morgan fingerprint density at radius 2 is 1.95 bits per heavy atom. The van der Waals surface area contributed by atoms with Crippen LogP contribution in [-0.2, 0) is 18.6 Å². The molecule has 38 heavy (non-hydrogen) atoms. The summed E-state index contributed by atoms with van der Waals surface area (Å²) in [7, 11) is -4.12. The smallest absolute Gasteiger partial charge is 0.459 e. The molecular formula is C25H37N4O7PS. The van der Waals surface area contributed by atoms with Gasteiger partial charge in [0, 0.05) is 6.20 Å². The lowest BCUT2D eigenvalue weighted by Gasteiger charge is -2.30. The molecule has 210 valence electrons. The van der Waals surface area contributed by atoms with Gasteiger partial charge in [0.1, 0.15) is 34.9 Å². The molecule has 1 unspecified atom stereocenters. The summed E-state index contributed by atoms with van der Waals surface area (Å²) >= 11 is 1.21. The first-order valence-electron chi connectivity index (χ1n) is 12.5. The highest BCUT2D eigenvalue weighted by atomic mass is 32.2. The van der Waals surface area contributed by atoms with E-state index in [9.17, 15) is 19.6 Å². The molecule has 5 N–H and O–H groups in total. The van der Waals surface area contributed by atoms with E-state index in [4.69, 9.17) is 19.5 Å². The minimum absolute atomic E-state index is 0.239. The molecule has 1 fully saturated rings. The maximum absolute atomic E-state index is 13.8.